The molecule has 0 bridgehead atoms. The fourth-order valence-electron chi connectivity index (χ4n) is 3.53. The highest BCUT2D eigenvalue weighted by Gasteiger charge is 2.64. The van der Waals surface area contributed by atoms with Crippen LogP contribution in [0.3, 0.4) is 0 Å². The molecule has 0 radical (unpaired) electrons. The number of β-lactam (4-membered cyclic amide) rings is 1. The average Bonchev–Trinajstić information content (AvgIpc) is 2.88. The molecule has 0 saturated carbocycles. The lowest BCUT2D eigenvalue weighted by atomic mass is 9.95. The van der Waals surface area contributed by atoms with Gasteiger partial charge in [-0.3, -0.25) is 19.4 Å². The second-order valence-electron chi connectivity index (χ2n) is 6.95. The van der Waals surface area contributed by atoms with Crippen molar-refractivity contribution in [3.8, 4) is 0 Å². The van der Waals surface area contributed by atoms with Crippen molar-refractivity contribution in [2.24, 2.45) is 5.84 Å². The first-order chi connectivity index (χ1) is 12.7. The molecule has 1 aromatic carbocycles. The Morgan fingerprint density at radius 2 is 2.00 bits per heavy atom. The fourth-order valence-corrected chi connectivity index (χ4v) is 5.16. The summed E-state index contributed by atoms with van der Waals surface area (Å²) in [6, 6.07) is 5.55. The number of hydrogen-bond acceptors (Lipinski definition) is 6. The molecule has 2 heterocycles. The Morgan fingerprint density at radius 3 is 2.56 bits per heavy atom. The third kappa shape index (κ3) is 3.15. The number of fused-ring (bicyclic) bond motifs is 1. The number of amides is 3. The molecule has 2 aliphatic heterocycles. The number of nitrogens with two attached hydrogens (primary N) is 1. The van der Waals surface area contributed by atoms with Crippen LogP contribution in [0.5, 0.6) is 0 Å². The van der Waals surface area contributed by atoms with Gasteiger partial charge in [0.2, 0.25) is 18.2 Å². The van der Waals surface area contributed by atoms with Crippen molar-refractivity contribution in [2.45, 2.75) is 42.1 Å². The van der Waals surface area contributed by atoms with Crippen LogP contribution < -0.4 is 11.2 Å². The molecule has 2 fully saturated rings. The predicted octanol–water partition coefficient (Wildman–Crippen LogP) is -0.308. The highest BCUT2D eigenvalue weighted by Crippen LogP contribution is 2.50. The molecule has 4 atom stereocenters. The molecule has 3 amide bonds. The predicted molar refractivity (Wildman–Crippen MR) is 96.9 cm³/mol. The third-order valence-corrected chi connectivity index (χ3v) is 6.33. The Kier molecular flexibility index (Phi) is 4.87. The van der Waals surface area contributed by atoms with Gasteiger partial charge in [-0.15, -0.1) is 11.8 Å². The Hall–Kier alpha value is -2.59. The van der Waals surface area contributed by atoms with Gasteiger partial charge in [0.05, 0.1) is 0 Å². The van der Waals surface area contributed by atoms with Gasteiger partial charge in [0, 0.05) is 4.75 Å². The molecule has 0 aromatic heterocycles. The topological polar surface area (TPSA) is 133 Å². The largest absolute Gasteiger partial charge is 0.480 e. The number of nitrogens with one attached hydrogen (secondary N) is 1. The quantitative estimate of drug-likeness (QED) is 0.199. The number of benzene rings is 1. The van der Waals surface area contributed by atoms with Crippen LogP contribution in [0.25, 0.3) is 0 Å². The van der Waals surface area contributed by atoms with Gasteiger partial charge in [0.25, 0.3) is 0 Å². The van der Waals surface area contributed by atoms with Crippen LogP contribution in [0.15, 0.2) is 30.3 Å². The van der Waals surface area contributed by atoms with Crippen LogP contribution in [0.1, 0.15) is 25.5 Å². The zero-order valence-electron chi connectivity index (χ0n) is 14.7. The molecule has 0 aliphatic carbocycles. The second-order valence-corrected chi connectivity index (χ2v) is 8.72. The molecule has 144 valence electrons. The molecule has 1 aromatic rings. The fraction of sp³-hybridized carbons (Fsp3) is 0.412. The van der Waals surface area contributed by atoms with Crippen molar-refractivity contribution in [1.82, 2.24) is 15.2 Å². The van der Waals surface area contributed by atoms with Crippen LogP contribution in [0.4, 0.5) is 0 Å². The third-order valence-electron chi connectivity index (χ3n) is 4.76. The van der Waals surface area contributed by atoms with Gasteiger partial charge >= 0.3 is 5.97 Å². The number of carboxylic acids is 1. The smallest absolute Gasteiger partial charge is 0.327 e. The molecule has 10 heteroatoms. The van der Waals surface area contributed by atoms with Crippen molar-refractivity contribution in [3.05, 3.63) is 35.9 Å². The van der Waals surface area contributed by atoms with Gasteiger partial charge < -0.3 is 15.3 Å². The Morgan fingerprint density at radius 1 is 1.37 bits per heavy atom. The summed E-state index contributed by atoms with van der Waals surface area (Å²) in [5, 5.41) is 12.3. The Balaban J connectivity index is 1.79. The van der Waals surface area contributed by atoms with Gasteiger partial charge in [-0.05, 0) is 19.4 Å². The van der Waals surface area contributed by atoms with E-state index in [2.05, 4.69) is 5.32 Å². The van der Waals surface area contributed by atoms with Gasteiger partial charge in [-0.1, -0.05) is 30.3 Å². The van der Waals surface area contributed by atoms with E-state index in [-0.39, 0.29) is 0 Å². The van der Waals surface area contributed by atoms with Crippen LogP contribution in [-0.2, 0) is 19.2 Å². The summed E-state index contributed by atoms with van der Waals surface area (Å²) in [7, 11) is 0. The zero-order chi connectivity index (χ0) is 19.9. The lowest BCUT2D eigenvalue weighted by Gasteiger charge is -2.44. The van der Waals surface area contributed by atoms with Crippen molar-refractivity contribution in [1.29, 1.82) is 0 Å². The van der Waals surface area contributed by atoms with Crippen molar-refractivity contribution in [3.63, 3.8) is 0 Å². The molecule has 2 saturated heterocycles. The van der Waals surface area contributed by atoms with Crippen LogP contribution in [0.2, 0.25) is 0 Å². The molecular formula is C17H20N4O5S. The Bertz CT molecular complexity index is 787. The maximum absolute atomic E-state index is 12.8. The molecule has 2 aliphatic rings. The summed E-state index contributed by atoms with van der Waals surface area (Å²) in [5.41, 5.74) is 0.496. The van der Waals surface area contributed by atoms with E-state index < -0.39 is 46.0 Å². The number of rotatable bonds is 6. The van der Waals surface area contributed by atoms with E-state index in [0.29, 0.717) is 12.0 Å². The van der Waals surface area contributed by atoms with Gasteiger partial charge in [-0.25, -0.2) is 10.6 Å². The standard InChI is InChI=1S/C17H20N4O5S/c1-17(2)12(16(25)26)21-14(24)10(15(21)27-17)19-13(23)11(20(18)8-22)9-6-4-3-5-7-9/h3-8,10-12,15H,18H2,1-2H3,(H,19,23)(H,25,26)/t10-,11+,12-,15+/m0/s1. The highest BCUT2D eigenvalue weighted by molar-refractivity contribution is 8.01. The Labute approximate surface area is 159 Å². The maximum atomic E-state index is 12.8. The van der Waals surface area contributed by atoms with Crippen LogP contribution in [0, 0.1) is 0 Å². The van der Waals surface area contributed by atoms with E-state index in [9.17, 15) is 24.3 Å². The number of carbonyl (C=O) groups excluding carboxylic acids is 3. The number of thioether (sulfide) groups is 1. The highest BCUT2D eigenvalue weighted by atomic mass is 32.2. The van der Waals surface area contributed by atoms with Crippen molar-refractivity contribution >= 4 is 36.0 Å². The SMILES string of the molecule is CC1(C)S[C@@H]2[C@@H](NC(=O)[C@@H](c3ccccc3)N(N)C=O)C(=O)N2[C@H]1C(=O)O. The first-order valence-electron chi connectivity index (χ1n) is 8.25. The lowest BCUT2D eigenvalue weighted by molar-refractivity contribution is -0.161. The minimum Gasteiger partial charge on any atom is -0.480 e. The minimum atomic E-state index is -1.10. The number of nitrogens with zero attached hydrogens (tertiary/aromatic N) is 2. The number of carbonyl (C=O) groups is 4. The zero-order valence-corrected chi connectivity index (χ0v) is 15.6. The molecular weight excluding hydrogens is 372 g/mol. The van der Waals surface area contributed by atoms with Gasteiger partial charge in [0.1, 0.15) is 17.5 Å². The van der Waals surface area contributed by atoms with E-state index in [0.717, 1.165) is 5.01 Å². The summed E-state index contributed by atoms with van der Waals surface area (Å²) in [6.45, 7) is 3.50. The summed E-state index contributed by atoms with van der Waals surface area (Å²) in [4.78, 5) is 49.2. The van der Waals surface area contributed by atoms with E-state index in [1.54, 1.807) is 44.2 Å². The molecule has 3 rings (SSSR count). The molecule has 9 nitrogen and oxygen atoms in total. The number of hydrogen-bond donors (Lipinski definition) is 3. The summed E-state index contributed by atoms with van der Waals surface area (Å²) in [5.74, 6) is 3.51. The molecule has 4 N–H and O–H groups in total. The first-order valence-corrected chi connectivity index (χ1v) is 9.13. The monoisotopic (exact) mass is 392 g/mol. The average molecular weight is 392 g/mol. The maximum Gasteiger partial charge on any atom is 0.327 e. The summed E-state index contributed by atoms with van der Waals surface area (Å²) in [6.07, 6.45) is 0.333. The number of aliphatic carboxylic acids is 1. The molecule has 27 heavy (non-hydrogen) atoms. The van der Waals surface area contributed by atoms with E-state index in [4.69, 9.17) is 5.84 Å². The van der Waals surface area contributed by atoms with Crippen LogP contribution >= 0.6 is 11.8 Å². The van der Waals surface area contributed by atoms with Crippen LogP contribution in [-0.4, -0.2) is 61.4 Å². The van der Waals surface area contributed by atoms with Gasteiger partial charge in [0.15, 0.2) is 6.04 Å². The minimum absolute atomic E-state index is 0.333. The summed E-state index contributed by atoms with van der Waals surface area (Å²) >= 11 is 1.32. The second kappa shape index (κ2) is 6.86. The first kappa shape index (κ1) is 19.2. The van der Waals surface area contributed by atoms with Crippen molar-refractivity contribution in [2.75, 3.05) is 0 Å². The van der Waals surface area contributed by atoms with Crippen molar-refractivity contribution < 1.29 is 24.3 Å². The number of hydrazine groups is 1. The van der Waals surface area contributed by atoms with E-state index >= 15 is 0 Å². The summed E-state index contributed by atoms with van der Waals surface area (Å²) < 4.78 is -0.687. The lowest BCUT2D eigenvalue weighted by Crippen LogP contribution is -2.71. The van der Waals surface area contributed by atoms with Gasteiger partial charge in [-0.2, -0.15) is 0 Å². The number of carboxylic acid groups (broad SMARTS) is 1. The molecule has 0 unspecified atom stereocenters. The molecule has 0 spiro atoms. The van der Waals surface area contributed by atoms with E-state index in [1.165, 1.54) is 16.7 Å². The van der Waals surface area contributed by atoms with E-state index in [1.807, 2.05) is 0 Å². The normalized spacial score (nSPS) is 26.6.